The van der Waals surface area contributed by atoms with Crippen LogP contribution >= 0.6 is 0 Å². The molecule has 1 saturated heterocycles. The summed E-state index contributed by atoms with van der Waals surface area (Å²) in [6.45, 7) is 4.54. The number of hydrogen-bond donors (Lipinski definition) is 2. The number of rotatable bonds is 8. The van der Waals surface area contributed by atoms with Crippen LogP contribution in [0.1, 0.15) is 19.3 Å². The van der Waals surface area contributed by atoms with Gasteiger partial charge in [0.15, 0.2) is 0 Å². The van der Waals surface area contributed by atoms with E-state index in [4.69, 9.17) is 9.47 Å². The summed E-state index contributed by atoms with van der Waals surface area (Å²) >= 11 is 0. The molecule has 0 bridgehead atoms. The summed E-state index contributed by atoms with van der Waals surface area (Å²) in [5.74, 6) is 0.397. The van der Waals surface area contributed by atoms with Crippen LogP contribution in [0.3, 0.4) is 0 Å². The standard InChI is InChI=1S/C12H24N2O3/c1-16-9-10-17-8-2-5-14-12(15)11-3-6-13-7-4-11/h11,13H,2-10H2,1H3,(H,14,15). The van der Waals surface area contributed by atoms with Crippen LogP contribution in [0.15, 0.2) is 0 Å². The van der Waals surface area contributed by atoms with Crippen molar-refractivity contribution in [3.63, 3.8) is 0 Å². The second-order valence-electron chi connectivity index (χ2n) is 4.27. The van der Waals surface area contributed by atoms with Crippen molar-refractivity contribution in [3.05, 3.63) is 0 Å². The zero-order valence-electron chi connectivity index (χ0n) is 10.7. The first-order chi connectivity index (χ1) is 8.34. The fourth-order valence-corrected chi connectivity index (χ4v) is 1.86. The minimum Gasteiger partial charge on any atom is -0.382 e. The van der Waals surface area contributed by atoms with Crippen LogP contribution in [-0.2, 0) is 14.3 Å². The molecule has 1 heterocycles. The molecule has 0 radical (unpaired) electrons. The number of carbonyl (C=O) groups is 1. The maximum absolute atomic E-state index is 11.7. The third-order valence-electron chi connectivity index (χ3n) is 2.91. The molecule has 2 N–H and O–H groups in total. The lowest BCUT2D eigenvalue weighted by Gasteiger charge is -2.21. The van der Waals surface area contributed by atoms with Crippen molar-refractivity contribution in [1.29, 1.82) is 0 Å². The van der Waals surface area contributed by atoms with Crippen LogP contribution in [0, 0.1) is 5.92 Å². The van der Waals surface area contributed by atoms with E-state index in [2.05, 4.69) is 10.6 Å². The number of hydrogen-bond acceptors (Lipinski definition) is 4. The van der Waals surface area contributed by atoms with Gasteiger partial charge in [-0.25, -0.2) is 0 Å². The molecular formula is C12H24N2O3. The van der Waals surface area contributed by atoms with Gasteiger partial charge < -0.3 is 20.1 Å². The summed E-state index contributed by atoms with van der Waals surface area (Å²) in [6, 6.07) is 0. The van der Waals surface area contributed by atoms with E-state index in [9.17, 15) is 4.79 Å². The van der Waals surface area contributed by atoms with E-state index < -0.39 is 0 Å². The van der Waals surface area contributed by atoms with Gasteiger partial charge in [0.05, 0.1) is 13.2 Å². The van der Waals surface area contributed by atoms with Gasteiger partial charge in [-0.1, -0.05) is 0 Å². The molecule has 0 aromatic heterocycles. The molecule has 0 aromatic rings. The van der Waals surface area contributed by atoms with Gasteiger partial charge in [-0.2, -0.15) is 0 Å². The van der Waals surface area contributed by atoms with Crippen molar-refractivity contribution in [2.75, 3.05) is 46.6 Å². The van der Waals surface area contributed by atoms with E-state index in [0.29, 0.717) is 26.4 Å². The number of amides is 1. The van der Waals surface area contributed by atoms with Gasteiger partial charge in [0.2, 0.25) is 5.91 Å². The molecule has 1 aliphatic heterocycles. The highest BCUT2D eigenvalue weighted by atomic mass is 16.5. The zero-order chi connectivity index (χ0) is 12.3. The summed E-state index contributed by atoms with van der Waals surface area (Å²) in [4.78, 5) is 11.7. The third kappa shape index (κ3) is 6.61. The minimum absolute atomic E-state index is 0.198. The number of ether oxygens (including phenoxy) is 2. The Morgan fingerprint density at radius 3 is 2.76 bits per heavy atom. The SMILES string of the molecule is COCCOCCCNC(=O)C1CCNCC1. The van der Waals surface area contributed by atoms with Gasteiger partial charge in [-0.15, -0.1) is 0 Å². The Kier molecular flexibility index (Phi) is 7.96. The fraction of sp³-hybridized carbons (Fsp3) is 0.917. The largest absolute Gasteiger partial charge is 0.382 e. The Morgan fingerprint density at radius 2 is 2.06 bits per heavy atom. The number of nitrogens with one attached hydrogen (secondary N) is 2. The predicted molar refractivity (Wildman–Crippen MR) is 65.9 cm³/mol. The second kappa shape index (κ2) is 9.39. The Hall–Kier alpha value is -0.650. The van der Waals surface area contributed by atoms with Gasteiger partial charge in [-0.3, -0.25) is 4.79 Å². The lowest BCUT2D eigenvalue weighted by Crippen LogP contribution is -2.38. The molecule has 5 heteroatoms. The average molecular weight is 244 g/mol. The number of piperidine rings is 1. The highest BCUT2D eigenvalue weighted by molar-refractivity contribution is 5.78. The van der Waals surface area contributed by atoms with Crippen molar-refractivity contribution < 1.29 is 14.3 Å². The van der Waals surface area contributed by atoms with Crippen LogP contribution in [0.5, 0.6) is 0 Å². The highest BCUT2D eigenvalue weighted by Crippen LogP contribution is 2.10. The Morgan fingerprint density at radius 1 is 1.29 bits per heavy atom. The maximum Gasteiger partial charge on any atom is 0.223 e. The van der Waals surface area contributed by atoms with Crippen molar-refractivity contribution in [2.24, 2.45) is 5.92 Å². The summed E-state index contributed by atoms with van der Waals surface area (Å²) in [5, 5.41) is 6.22. The molecule has 0 aliphatic carbocycles. The monoisotopic (exact) mass is 244 g/mol. The second-order valence-corrected chi connectivity index (χ2v) is 4.27. The third-order valence-corrected chi connectivity index (χ3v) is 2.91. The van der Waals surface area contributed by atoms with Crippen LogP contribution in [0.2, 0.25) is 0 Å². The van der Waals surface area contributed by atoms with Crippen molar-refractivity contribution in [1.82, 2.24) is 10.6 Å². The Labute approximate surface area is 103 Å². The zero-order valence-corrected chi connectivity index (χ0v) is 10.7. The van der Waals surface area contributed by atoms with Gasteiger partial charge >= 0.3 is 0 Å². The van der Waals surface area contributed by atoms with Gasteiger partial charge in [0.25, 0.3) is 0 Å². The Bertz CT molecular complexity index is 206. The van der Waals surface area contributed by atoms with Crippen LogP contribution in [-0.4, -0.2) is 52.5 Å². The highest BCUT2D eigenvalue weighted by Gasteiger charge is 2.19. The van der Waals surface area contributed by atoms with Crippen LogP contribution in [0.4, 0.5) is 0 Å². The first-order valence-corrected chi connectivity index (χ1v) is 6.39. The molecule has 0 saturated carbocycles. The van der Waals surface area contributed by atoms with Crippen LogP contribution < -0.4 is 10.6 Å². The molecule has 1 fully saturated rings. The molecule has 1 aliphatic rings. The summed E-state index contributed by atoms with van der Waals surface area (Å²) in [5.41, 5.74) is 0. The molecule has 1 rings (SSSR count). The Balaban J connectivity index is 1.92. The molecule has 5 nitrogen and oxygen atoms in total. The quantitative estimate of drug-likeness (QED) is 0.597. The summed E-state index contributed by atoms with van der Waals surface area (Å²) in [6.07, 6.45) is 2.77. The van der Waals surface area contributed by atoms with Crippen LogP contribution in [0.25, 0.3) is 0 Å². The van der Waals surface area contributed by atoms with Crippen molar-refractivity contribution in [2.45, 2.75) is 19.3 Å². The van der Waals surface area contributed by atoms with E-state index in [-0.39, 0.29) is 11.8 Å². The van der Waals surface area contributed by atoms with E-state index in [1.54, 1.807) is 7.11 Å². The molecule has 1 amide bonds. The molecule has 17 heavy (non-hydrogen) atoms. The van der Waals surface area contributed by atoms with E-state index in [1.165, 1.54) is 0 Å². The molecule has 0 spiro atoms. The minimum atomic E-state index is 0.198. The predicted octanol–water partition coefficient (Wildman–Crippen LogP) is 0.155. The van der Waals surface area contributed by atoms with E-state index in [0.717, 1.165) is 32.4 Å². The van der Waals surface area contributed by atoms with Gasteiger partial charge in [0, 0.05) is 26.2 Å². The number of methoxy groups -OCH3 is 1. The van der Waals surface area contributed by atoms with Gasteiger partial charge in [0.1, 0.15) is 0 Å². The van der Waals surface area contributed by atoms with Crippen molar-refractivity contribution in [3.8, 4) is 0 Å². The van der Waals surface area contributed by atoms with E-state index in [1.807, 2.05) is 0 Å². The molecule has 0 unspecified atom stereocenters. The van der Waals surface area contributed by atoms with E-state index >= 15 is 0 Å². The summed E-state index contributed by atoms with van der Waals surface area (Å²) in [7, 11) is 1.66. The maximum atomic E-state index is 11.7. The average Bonchev–Trinajstić information content (AvgIpc) is 2.38. The summed E-state index contributed by atoms with van der Waals surface area (Å²) < 4.78 is 10.2. The number of carbonyl (C=O) groups excluding carboxylic acids is 1. The fourth-order valence-electron chi connectivity index (χ4n) is 1.86. The smallest absolute Gasteiger partial charge is 0.223 e. The normalized spacial score (nSPS) is 17.0. The molecule has 0 atom stereocenters. The first kappa shape index (κ1) is 14.4. The first-order valence-electron chi connectivity index (χ1n) is 6.39. The van der Waals surface area contributed by atoms with Crippen molar-refractivity contribution >= 4 is 5.91 Å². The topological polar surface area (TPSA) is 59.6 Å². The molecule has 0 aromatic carbocycles. The van der Waals surface area contributed by atoms with Gasteiger partial charge in [-0.05, 0) is 32.4 Å². The molecule has 100 valence electrons. The molecular weight excluding hydrogens is 220 g/mol. The lowest BCUT2D eigenvalue weighted by atomic mass is 9.97. The lowest BCUT2D eigenvalue weighted by molar-refractivity contribution is -0.125.